The van der Waals surface area contributed by atoms with E-state index in [1.807, 2.05) is 36.4 Å². The Morgan fingerprint density at radius 3 is 1.11 bits per heavy atom. The average Bonchev–Trinajstić information content (AvgIpc) is 3.46. The van der Waals surface area contributed by atoms with Crippen LogP contribution in [0.3, 0.4) is 0 Å². The highest BCUT2D eigenvalue weighted by atomic mass is 32.1. The molecule has 1 aromatic carbocycles. The van der Waals surface area contributed by atoms with Crippen molar-refractivity contribution in [2.24, 2.45) is 0 Å². The normalized spacial score (nSPS) is 10.7. The number of ether oxygens (including phenoxy) is 3. The van der Waals surface area contributed by atoms with Gasteiger partial charge in [-0.25, -0.2) is 0 Å². The van der Waals surface area contributed by atoms with E-state index in [9.17, 15) is 0 Å². The van der Waals surface area contributed by atoms with Crippen LogP contribution in [-0.2, 0) is 19.8 Å². The highest BCUT2D eigenvalue weighted by molar-refractivity contribution is 7.10. The third-order valence-corrected chi connectivity index (χ3v) is 6.29. The first kappa shape index (κ1) is 18.1. The molecule has 0 amide bonds. The van der Waals surface area contributed by atoms with E-state index in [0.29, 0.717) is 19.8 Å². The first-order valence-electron chi connectivity index (χ1n) is 8.46. The predicted molar refractivity (Wildman–Crippen MR) is 112 cm³/mol. The van der Waals surface area contributed by atoms with Crippen molar-refractivity contribution in [3.8, 4) is 17.2 Å². The molecule has 138 valence electrons. The number of hydrogen-bond acceptors (Lipinski definition) is 6. The van der Waals surface area contributed by atoms with Crippen molar-refractivity contribution in [2.75, 3.05) is 0 Å². The first-order chi connectivity index (χ1) is 13.3. The van der Waals surface area contributed by atoms with Gasteiger partial charge < -0.3 is 14.2 Å². The summed E-state index contributed by atoms with van der Waals surface area (Å²) in [5.74, 6) is 2.23. The molecule has 0 saturated heterocycles. The van der Waals surface area contributed by atoms with Crippen LogP contribution in [0.1, 0.15) is 14.6 Å². The molecular formula is C21H18O3S3. The van der Waals surface area contributed by atoms with Gasteiger partial charge in [-0.05, 0) is 34.3 Å². The third-order valence-electron chi connectivity index (χ3n) is 3.74. The molecule has 0 unspecified atom stereocenters. The van der Waals surface area contributed by atoms with Crippen LogP contribution in [0.2, 0.25) is 0 Å². The fourth-order valence-corrected chi connectivity index (χ4v) is 4.29. The van der Waals surface area contributed by atoms with Gasteiger partial charge in [0.15, 0.2) is 0 Å². The summed E-state index contributed by atoms with van der Waals surface area (Å²) in [6.45, 7) is 1.61. The molecule has 0 radical (unpaired) electrons. The van der Waals surface area contributed by atoms with E-state index in [0.717, 1.165) is 17.2 Å². The van der Waals surface area contributed by atoms with Gasteiger partial charge in [-0.1, -0.05) is 18.2 Å². The van der Waals surface area contributed by atoms with Gasteiger partial charge in [-0.15, -0.1) is 34.0 Å². The van der Waals surface area contributed by atoms with Gasteiger partial charge in [-0.2, -0.15) is 0 Å². The topological polar surface area (TPSA) is 27.7 Å². The smallest absolute Gasteiger partial charge is 0.127 e. The van der Waals surface area contributed by atoms with Crippen LogP contribution < -0.4 is 14.2 Å². The second-order valence-electron chi connectivity index (χ2n) is 5.74. The van der Waals surface area contributed by atoms with E-state index in [1.54, 1.807) is 34.0 Å². The van der Waals surface area contributed by atoms with Gasteiger partial charge in [0.05, 0.1) is 0 Å². The Hall–Kier alpha value is -2.28. The van der Waals surface area contributed by atoms with Crippen molar-refractivity contribution >= 4 is 34.0 Å². The lowest BCUT2D eigenvalue weighted by Gasteiger charge is -2.12. The summed E-state index contributed by atoms with van der Waals surface area (Å²) in [5.41, 5.74) is 0. The molecule has 6 heteroatoms. The molecule has 0 aliphatic carbocycles. The number of rotatable bonds is 9. The molecule has 27 heavy (non-hydrogen) atoms. The lowest BCUT2D eigenvalue weighted by atomic mass is 10.3. The maximum absolute atomic E-state index is 5.96. The molecule has 0 N–H and O–H groups in total. The summed E-state index contributed by atoms with van der Waals surface area (Å²) >= 11 is 5.05. The van der Waals surface area contributed by atoms with Crippen LogP contribution in [0.15, 0.2) is 70.7 Å². The molecule has 0 bridgehead atoms. The maximum atomic E-state index is 5.96. The molecule has 4 rings (SSSR count). The number of hydrogen-bond donors (Lipinski definition) is 0. The first-order valence-corrected chi connectivity index (χ1v) is 11.1. The van der Waals surface area contributed by atoms with Crippen LogP contribution in [0.5, 0.6) is 17.2 Å². The third kappa shape index (κ3) is 5.35. The summed E-state index contributed by atoms with van der Waals surface area (Å²) in [5, 5.41) is 6.15. The Bertz CT molecular complexity index is 793. The average molecular weight is 415 g/mol. The highest BCUT2D eigenvalue weighted by Crippen LogP contribution is 2.30. The standard InChI is InChI=1S/C21H18O3S3/c1-4-19(25-7-1)13-22-16-10-17(23-14-20-5-2-8-26-20)12-18(11-16)24-15-21-6-3-9-27-21/h1-12H,13-15H2. The van der Waals surface area contributed by atoms with Crippen molar-refractivity contribution in [3.05, 3.63) is 85.4 Å². The van der Waals surface area contributed by atoms with E-state index in [1.165, 1.54) is 14.6 Å². The molecule has 3 heterocycles. The van der Waals surface area contributed by atoms with Gasteiger partial charge in [0.2, 0.25) is 0 Å². The zero-order chi connectivity index (χ0) is 18.3. The number of benzene rings is 1. The van der Waals surface area contributed by atoms with Crippen molar-refractivity contribution < 1.29 is 14.2 Å². The molecule has 0 aliphatic rings. The molecule has 4 aromatic rings. The fraction of sp³-hybridized carbons (Fsp3) is 0.143. The Labute approximate surface area is 170 Å². The quantitative estimate of drug-likeness (QED) is 0.308. The minimum atomic E-state index is 0.538. The second kappa shape index (κ2) is 9.08. The minimum absolute atomic E-state index is 0.538. The van der Waals surface area contributed by atoms with Gasteiger partial charge in [0.1, 0.15) is 37.1 Å². The SMILES string of the molecule is c1csc(COc2cc(OCc3cccs3)cc(OCc3cccs3)c2)c1. The molecule has 0 fully saturated rings. The van der Waals surface area contributed by atoms with E-state index in [4.69, 9.17) is 14.2 Å². The van der Waals surface area contributed by atoms with Crippen molar-refractivity contribution in [1.82, 2.24) is 0 Å². The zero-order valence-electron chi connectivity index (χ0n) is 14.5. The highest BCUT2D eigenvalue weighted by Gasteiger charge is 2.07. The summed E-state index contributed by atoms with van der Waals surface area (Å²) in [7, 11) is 0. The van der Waals surface area contributed by atoms with Gasteiger partial charge in [0, 0.05) is 32.8 Å². The minimum Gasteiger partial charge on any atom is -0.488 e. The predicted octanol–water partition coefficient (Wildman–Crippen LogP) is 6.61. The summed E-state index contributed by atoms with van der Waals surface area (Å²) in [4.78, 5) is 3.54. The van der Waals surface area contributed by atoms with E-state index in [-0.39, 0.29) is 0 Å². The fourth-order valence-electron chi connectivity index (χ4n) is 2.44. The molecule has 0 atom stereocenters. The monoisotopic (exact) mass is 414 g/mol. The molecule has 0 saturated carbocycles. The Morgan fingerprint density at radius 2 is 0.852 bits per heavy atom. The largest absolute Gasteiger partial charge is 0.488 e. The van der Waals surface area contributed by atoms with Gasteiger partial charge in [-0.3, -0.25) is 0 Å². The van der Waals surface area contributed by atoms with Crippen molar-refractivity contribution in [3.63, 3.8) is 0 Å². The van der Waals surface area contributed by atoms with Crippen LogP contribution in [-0.4, -0.2) is 0 Å². The van der Waals surface area contributed by atoms with Crippen LogP contribution in [0.4, 0.5) is 0 Å². The maximum Gasteiger partial charge on any atom is 0.127 e. The van der Waals surface area contributed by atoms with Crippen molar-refractivity contribution in [1.29, 1.82) is 0 Å². The Kier molecular flexibility index (Phi) is 6.09. The molecular weight excluding hydrogens is 396 g/mol. The summed E-state index contributed by atoms with van der Waals surface area (Å²) < 4.78 is 17.9. The van der Waals surface area contributed by atoms with E-state index >= 15 is 0 Å². The lowest BCUT2D eigenvalue weighted by Crippen LogP contribution is -1.99. The van der Waals surface area contributed by atoms with E-state index in [2.05, 4.69) is 34.3 Å². The second-order valence-corrected chi connectivity index (χ2v) is 8.84. The summed E-state index contributed by atoms with van der Waals surface area (Å²) in [6, 6.07) is 18.0. The molecule has 0 spiro atoms. The summed E-state index contributed by atoms with van der Waals surface area (Å²) in [6.07, 6.45) is 0. The Morgan fingerprint density at radius 1 is 0.519 bits per heavy atom. The lowest BCUT2D eigenvalue weighted by molar-refractivity contribution is 0.278. The van der Waals surface area contributed by atoms with Gasteiger partial charge in [0.25, 0.3) is 0 Å². The van der Waals surface area contributed by atoms with Crippen LogP contribution >= 0.6 is 34.0 Å². The molecule has 3 aromatic heterocycles. The molecule has 0 aliphatic heterocycles. The van der Waals surface area contributed by atoms with Crippen molar-refractivity contribution in [2.45, 2.75) is 19.8 Å². The number of thiophene rings is 3. The van der Waals surface area contributed by atoms with Gasteiger partial charge >= 0.3 is 0 Å². The Balaban J connectivity index is 1.47. The molecule has 3 nitrogen and oxygen atoms in total. The van der Waals surface area contributed by atoms with Crippen LogP contribution in [0.25, 0.3) is 0 Å². The zero-order valence-corrected chi connectivity index (χ0v) is 16.9. The van der Waals surface area contributed by atoms with Crippen LogP contribution in [0, 0.1) is 0 Å². The van der Waals surface area contributed by atoms with E-state index < -0.39 is 0 Å².